The molecule has 0 saturated heterocycles. The Morgan fingerprint density at radius 2 is 2.24 bits per heavy atom. The first-order valence-corrected chi connectivity index (χ1v) is 5.52. The van der Waals surface area contributed by atoms with Gasteiger partial charge in [0.2, 0.25) is 0 Å². The number of aldehydes is 1. The molecule has 2 aromatic rings. The molecule has 0 aliphatic rings. The number of rotatable bonds is 4. The van der Waals surface area contributed by atoms with Crippen molar-refractivity contribution in [2.75, 3.05) is 0 Å². The Morgan fingerprint density at radius 1 is 1.41 bits per heavy atom. The van der Waals surface area contributed by atoms with E-state index in [1.807, 2.05) is 10.9 Å². The molecule has 1 heterocycles. The van der Waals surface area contributed by atoms with Crippen molar-refractivity contribution in [1.82, 2.24) is 9.78 Å². The van der Waals surface area contributed by atoms with Crippen molar-refractivity contribution >= 4 is 6.29 Å². The molecule has 4 heteroatoms. The number of aryl methyl sites for hydroxylation is 1. The zero-order valence-electron chi connectivity index (χ0n) is 9.56. The molecule has 0 saturated carbocycles. The lowest BCUT2D eigenvalue weighted by Crippen LogP contribution is -1.95. The van der Waals surface area contributed by atoms with Gasteiger partial charge in [0.25, 0.3) is 0 Å². The van der Waals surface area contributed by atoms with Gasteiger partial charge in [-0.25, -0.2) is 4.39 Å². The molecule has 0 unspecified atom stereocenters. The lowest BCUT2D eigenvalue weighted by Gasteiger charge is -2.00. The zero-order valence-corrected chi connectivity index (χ0v) is 9.56. The Hall–Kier alpha value is -1.97. The summed E-state index contributed by atoms with van der Waals surface area (Å²) in [5.74, 6) is -0.496. The number of nitrogens with zero attached hydrogens (tertiary/aromatic N) is 2. The van der Waals surface area contributed by atoms with Crippen LogP contribution in [0.2, 0.25) is 0 Å². The molecule has 0 bridgehead atoms. The Morgan fingerprint density at radius 3 is 2.94 bits per heavy atom. The van der Waals surface area contributed by atoms with Crippen molar-refractivity contribution < 1.29 is 9.18 Å². The lowest BCUT2D eigenvalue weighted by molar-refractivity contribution is 0.112. The molecule has 3 nitrogen and oxygen atoms in total. The SMILES string of the molecule is CCCn1cc(-c2ccc(F)c(C=O)c2)cn1. The molecule has 2 rings (SSSR count). The number of halogens is 1. The van der Waals surface area contributed by atoms with Crippen molar-refractivity contribution in [2.24, 2.45) is 0 Å². The summed E-state index contributed by atoms with van der Waals surface area (Å²) in [4.78, 5) is 10.7. The topological polar surface area (TPSA) is 34.9 Å². The van der Waals surface area contributed by atoms with Crippen LogP contribution in [0.15, 0.2) is 30.6 Å². The third-order valence-corrected chi connectivity index (χ3v) is 2.54. The predicted octanol–water partition coefficient (Wildman–Crippen LogP) is 2.91. The molecule has 0 fully saturated rings. The van der Waals surface area contributed by atoms with Gasteiger partial charge in [0.05, 0.1) is 11.8 Å². The molecule has 88 valence electrons. The van der Waals surface area contributed by atoms with Crippen molar-refractivity contribution in [3.05, 3.63) is 42.0 Å². The normalized spacial score (nSPS) is 10.5. The molecule has 1 aromatic heterocycles. The summed E-state index contributed by atoms with van der Waals surface area (Å²) in [6.07, 6.45) is 5.14. The summed E-state index contributed by atoms with van der Waals surface area (Å²) in [5, 5.41) is 4.19. The van der Waals surface area contributed by atoms with Crippen molar-refractivity contribution in [3.8, 4) is 11.1 Å². The zero-order chi connectivity index (χ0) is 12.3. The second-order valence-corrected chi connectivity index (χ2v) is 3.85. The summed E-state index contributed by atoms with van der Waals surface area (Å²) in [6.45, 7) is 2.92. The minimum atomic E-state index is -0.496. The van der Waals surface area contributed by atoms with E-state index in [9.17, 15) is 9.18 Å². The average Bonchev–Trinajstić information content (AvgIpc) is 2.79. The van der Waals surface area contributed by atoms with E-state index in [-0.39, 0.29) is 5.56 Å². The maximum absolute atomic E-state index is 13.2. The number of carbonyl (C=O) groups excluding carboxylic acids is 1. The van der Waals surface area contributed by atoms with Gasteiger partial charge in [-0.3, -0.25) is 9.48 Å². The van der Waals surface area contributed by atoms with E-state index in [1.165, 1.54) is 12.1 Å². The highest BCUT2D eigenvalue weighted by atomic mass is 19.1. The Kier molecular flexibility index (Phi) is 3.32. The maximum atomic E-state index is 13.2. The number of benzene rings is 1. The first-order chi connectivity index (χ1) is 8.24. The molecule has 0 aliphatic carbocycles. The van der Waals surface area contributed by atoms with Crippen molar-refractivity contribution in [3.63, 3.8) is 0 Å². The van der Waals surface area contributed by atoms with Crippen LogP contribution in [0.4, 0.5) is 4.39 Å². The molecule has 0 N–H and O–H groups in total. The number of hydrogen-bond donors (Lipinski definition) is 0. The standard InChI is InChI=1S/C13H13FN2O/c1-2-5-16-8-12(7-15-16)10-3-4-13(14)11(6-10)9-17/h3-4,6-9H,2,5H2,1H3. The molecule has 0 atom stereocenters. The molecule has 0 amide bonds. The van der Waals surface area contributed by atoms with E-state index in [2.05, 4.69) is 12.0 Å². The van der Waals surface area contributed by atoms with Crippen LogP contribution in [0.1, 0.15) is 23.7 Å². The fourth-order valence-electron chi connectivity index (χ4n) is 1.68. The Bertz CT molecular complexity index is 534. The van der Waals surface area contributed by atoms with E-state index < -0.39 is 5.82 Å². The summed E-state index contributed by atoms with van der Waals surface area (Å²) in [7, 11) is 0. The highest BCUT2D eigenvalue weighted by molar-refractivity contribution is 5.79. The van der Waals surface area contributed by atoms with E-state index >= 15 is 0 Å². The van der Waals surface area contributed by atoms with Crippen LogP contribution in [0.3, 0.4) is 0 Å². The van der Waals surface area contributed by atoms with E-state index in [0.29, 0.717) is 6.29 Å². The number of hydrogen-bond acceptors (Lipinski definition) is 2. The van der Waals surface area contributed by atoms with Crippen LogP contribution >= 0.6 is 0 Å². The van der Waals surface area contributed by atoms with Gasteiger partial charge in [-0.15, -0.1) is 0 Å². The van der Waals surface area contributed by atoms with Gasteiger partial charge in [0, 0.05) is 18.3 Å². The number of carbonyl (C=O) groups is 1. The molecule has 0 aliphatic heterocycles. The monoisotopic (exact) mass is 232 g/mol. The second-order valence-electron chi connectivity index (χ2n) is 3.85. The average molecular weight is 232 g/mol. The largest absolute Gasteiger partial charge is 0.298 e. The highest BCUT2D eigenvalue weighted by Gasteiger charge is 2.06. The maximum Gasteiger partial charge on any atom is 0.153 e. The van der Waals surface area contributed by atoms with E-state index in [1.54, 1.807) is 12.3 Å². The molecule has 1 aromatic carbocycles. The third-order valence-electron chi connectivity index (χ3n) is 2.54. The lowest BCUT2D eigenvalue weighted by atomic mass is 10.1. The second kappa shape index (κ2) is 4.91. The quantitative estimate of drug-likeness (QED) is 0.760. The predicted molar refractivity (Wildman–Crippen MR) is 63.3 cm³/mol. The van der Waals surface area contributed by atoms with Gasteiger partial charge in [-0.2, -0.15) is 5.10 Å². The van der Waals surface area contributed by atoms with Gasteiger partial charge in [-0.05, 0) is 24.1 Å². The fourth-order valence-corrected chi connectivity index (χ4v) is 1.68. The highest BCUT2D eigenvalue weighted by Crippen LogP contribution is 2.20. The summed E-state index contributed by atoms with van der Waals surface area (Å²) in [5.41, 5.74) is 1.77. The van der Waals surface area contributed by atoms with Gasteiger partial charge in [0.1, 0.15) is 5.82 Å². The van der Waals surface area contributed by atoms with Crippen LogP contribution in [-0.2, 0) is 6.54 Å². The van der Waals surface area contributed by atoms with Crippen LogP contribution in [-0.4, -0.2) is 16.1 Å². The first-order valence-electron chi connectivity index (χ1n) is 5.52. The fraction of sp³-hybridized carbons (Fsp3) is 0.231. The Balaban J connectivity index is 2.35. The van der Waals surface area contributed by atoms with Crippen LogP contribution in [0.25, 0.3) is 11.1 Å². The minimum absolute atomic E-state index is 0.0748. The summed E-state index contributed by atoms with van der Waals surface area (Å²) < 4.78 is 15.0. The molecule has 0 spiro atoms. The summed E-state index contributed by atoms with van der Waals surface area (Å²) in [6, 6.07) is 4.49. The van der Waals surface area contributed by atoms with Crippen molar-refractivity contribution in [1.29, 1.82) is 0 Å². The van der Waals surface area contributed by atoms with Gasteiger partial charge in [0.15, 0.2) is 6.29 Å². The van der Waals surface area contributed by atoms with Crippen LogP contribution < -0.4 is 0 Å². The first kappa shape index (κ1) is 11.5. The van der Waals surface area contributed by atoms with Crippen LogP contribution in [0.5, 0.6) is 0 Å². The smallest absolute Gasteiger partial charge is 0.153 e. The molecule has 17 heavy (non-hydrogen) atoms. The van der Waals surface area contributed by atoms with Gasteiger partial charge < -0.3 is 0 Å². The summed E-state index contributed by atoms with van der Waals surface area (Å²) >= 11 is 0. The van der Waals surface area contributed by atoms with Gasteiger partial charge >= 0.3 is 0 Å². The molecule has 0 radical (unpaired) electrons. The Labute approximate surface area is 98.9 Å². The van der Waals surface area contributed by atoms with E-state index in [4.69, 9.17) is 0 Å². The van der Waals surface area contributed by atoms with Gasteiger partial charge in [-0.1, -0.05) is 13.0 Å². The third kappa shape index (κ3) is 2.41. The molecular formula is C13H13FN2O. The minimum Gasteiger partial charge on any atom is -0.298 e. The van der Waals surface area contributed by atoms with E-state index in [0.717, 1.165) is 24.1 Å². The molecular weight excluding hydrogens is 219 g/mol. The van der Waals surface area contributed by atoms with Crippen molar-refractivity contribution in [2.45, 2.75) is 19.9 Å². The van der Waals surface area contributed by atoms with Crippen LogP contribution in [0, 0.1) is 5.82 Å². The number of aromatic nitrogens is 2.